The Morgan fingerprint density at radius 1 is 1.42 bits per heavy atom. The normalized spacial score (nSPS) is 10.5. The third-order valence-corrected chi connectivity index (χ3v) is 3.22. The lowest BCUT2D eigenvalue weighted by Crippen LogP contribution is -2.19. The van der Waals surface area contributed by atoms with Crippen LogP contribution in [0.5, 0.6) is 0 Å². The predicted octanol–water partition coefficient (Wildman–Crippen LogP) is 2.56. The van der Waals surface area contributed by atoms with E-state index in [1.807, 2.05) is 44.0 Å². The number of aromatic nitrogens is 1. The first-order valence-corrected chi connectivity index (χ1v) is 6.41. The molecule has 0 amide bonds. The maximum atomic E-state index is 5.68. The maximum Gasteiger partial charge on any atom is 0.129 e. The predicted molar refractivity (Wildman–Crippen MR) is 80.4 cm³/mol. The molecule has 2 aromatic rings. The van der Waals surface area contributed by atoms with Crippen molar-refractivity contribution in [3.8, 4) is 0 Å². The van der Waals surface area contributed by atoms with E-state index in [0.29, 0.717) is 4.99 Å². The second-order valence-electron chi connectivity index (χ2n) is 4.58. The standard InChI is InChI=1S/C14H17N3OS/c1-9-6-12(14(15)19)7-13(16-9)17(3)8-11-4-5-18-10(11)2/h4-7H,8H2,1-3H3,(H2,15,19). The van der Waals surface area contributed by atoms with Crippen molar-refractivity contribution in [3.63, 3.8) is 0 Å². The van der Waals surface area contributed by atoms with Crippen LogP contribution in [0.4, 0.5) is 5.82 Å². The maximum absolute atomic E-state index is 5.68. The molecule has 0 unspecified atom stereocenters. The monoisotopic (exact) mass is 275 g/mol. The third-order valence-electron chi connectivity index (χ3n) is 2.99. The highest BCUT2D eigenvalue weighted by molar-refractivity contribution is 7.80. The van der Waals surface area contributed by atoms with E-state index in [1.54, 1.807) is 6.26 Å². The molecule has 0 aromatic carbocycles. The fourth-order valence-corrected chi connectivity index (χ4v) is 2.02. The zero-order chi connectivity index (χ0) is 14.0. The smallest absolute Gasteiger partial charge is 0.129 e. The van der Waals surface area contributed by atoms with Gasteiger partial charge in [-0.05, 0) is 32.0 Å². The molecule has 2 rings (SSSR count). The van der Waals surface area contributed by atoms with Crippen molar-refractivity contribution in [2.45, 2.75) is 20.4 Å². The van der Waals surface area contributed by atoms with E-state index in [2.05, 4.69) is 4.98 Å². The van der Waals surface area contributed by atoms with Gasteiger partial charge < -0.3 is 15.1 Å². The van der Waals surface area contributed by atoms with Gasteiger partial charge >= 0.3 is 0 Å². The molecule has 19 heavy (non-hydrogen) atoms. The summed E-state index contributed by atoms with van der Waals surface area (Å²) in [6.07, 6.45) is 1.70. The lowest BCUT2D eigenvalue weighted by Gasteiger charge is -2.19. The molecule has 0 bridgehead atoms. The molecule has 100 valence electrons. The van der Waals surface area contributed by atoms with Crippen LogP contribution in [0.15, 0.2) is 28.9 Å². The Morgan fingerprint density at radius 2 is 2.16 bits per heavy atom. The molecule has 2 heterocycles. The van der Waals surface area contributed by atoms with Gasteiger partial charge in [0, 0.05) is 30.4 Å². The molecule has 5 heteroatoms. The summed E-state index contributed by atoms with van der Waals surface area (Å²) in [5.74, 6) is 1.78. The first kappa shape index (κ1) is 13.5. The van der Waals surface area contributed by atoms with E-state index < -0.39 is 0 Å². The minimum Gasteiger partial charge on any atom is -0.469 e. The molecule has 0 fully saturated rings. The van der Waals surface area contributed by atoms with Crippen LogP contribution in [-0.4, -0.2) is 17.0 Å². The summed E-state index contributed by atoms with van der Waals surface area (Å²) < 4.78 is 5.30. The van der Waals surface area contributed by atoms with Crippen LogP contribution in [0.25, 0.3) is 0 Å². The number of thiocarbonyl (C=S) groups is 1. The van der Waals surface area contributed by atoms with Crippen LogP contribution in [0.1, 0.15) is 22.6 Å². The summed E-state index contributed by atoms with van der Waals surface area (Å²) in [6, 6.07) is 5.77. The summed E-state index contributed by atoms with van der Waals surface area (Å²) >= 11 is 5.02. The molecule has 0 aliphatic carbocycles. The van der Waals surface area contributed by atoms with Gasteiger partial charge in [-0.3, -0.25) is 0 Å². The van der Waals surface area contributed by atoms with Gasteiger partial charge in [-0.25, -0.2) is 4.98 Å². The van der Waals surface area contributed by atoms with Gasteiger partial charge in [0.25, 0.3) is 0 Å². The molecule has 0 spiro atoms. The fourth-order valence-electron chi connectivity index (χ4n) is 1.90. The number of aryl methyl sites for hydroxylation is 2. The van der Waals surface area contributed by atoms with Crippen molar-refractivity contribution in [1.82, 2.24) is 4.98 Å². The topological polar surface area (TPSA) is 55.3 Å². The molecule has 0 aliphatic heterocycles. The number of pyridine rings is 1. The van der Waals surface area contributed by atoms with Crippen molar-refractivity contribution in [2.24, 2.45) is 5.73 Å². The van der Waals surface area contributed by atoms with Gasteiger partial charge in [-0.1, -0.05) is 12.2 Å². The number of rotatable bonds is 4. The highest BCUT2D eigenvalue weighted by atomic mass is 32.1. The Balaban J connectivity index is 2.26. The van der Waals surface area contributed by atoms with E-state index in [0.717, 1.165) is 34.9 Å². The van der Waals surface area contributed by atoms with Crippen LogP contribution in [0.3, 0.4) is 0 Å². The van der Waals surface area contributed by atoms with Crippen LogP contribution >= 0.6 is 12.2 Å². The molecule has 0 saturated heterocycles. The average Bonchev–Trinajstić information content (AvgIpc) is 2.74. The second kappa shape index (κ2) is 5.40. The summed E-state index contributed by atoms with van der Waals surface area (Å²) in [6.45, 7) is 4.62. The van der Waals surface area contributed by atoms with E-state index in [4.69, 9.17) is 22.4 Å². The van der Waals surface area contributed by atoms with Crippen molar-refractivity contribution < 1.29 is 4.42 Å². The van der Waals surface area contributed by atoms with Crippen molar-refractivity contribution in [1.29, 1.82) is 0 Å². The Morgan fingerprint density at radius 3 is 2.74 bits per heavy atom. The lowest BCUT2D eigenvalue weighted by atomic mass is 10.2. The van der Waals surface area contributed by atoms with Gasteiger partial charge in [0.2, 0.25) is 0 Å². The fraction of sp³-hybridized carbons (Fsp3) is 0.286. The Kier molecular flexibility index (Phi) is 3.85. The number of furan rings is 1. The molecule has 2 N–H and O–H groups in total. The molecule has 0 atom stereocenters. The Bertz CT molecular complexity index is 606. The number of hydrogen-bond donors (Lipinski definition) is 1. The van der Waals surface area contributed by atoms with Gasteiger partial charge in [0.15, 0.2) is 0 Å². The zero-order valence-corrected chi connectivity index (χ0v) is 12.1. The van der Waals surface area contributed by atoms with Crippen molar-refractivity contribution in [3.05, 3.63) is 47.0 Å². The SMILES string of the molecule is Cc1cc(C(N)=S)cc(N(C)Cc2ccoc2C)n1. The summed E-state index contributed by atoms with van der Waals surface area (Å²) in [5, 5.41) is 0. The van der Waals surface area contributed by atoms with E-state index in [-0.39, 0.29) is 0 Å². The van der Waals surface area contributed by atoms with E-state index in [9.17, 15) is 0 Å². The number of nitrogens with zero attached hydrogens (tertiary/aromatic N) is 2. The van der Waals surface area contributed by atoms with Gasteiger partial charge in [0.1, 0.15) is 16.6 Å². The average molecular weight is 275 g/mol. The van der Waals surface area contributed by atoms with E-state index in [1.165, 1.54) is 0 Å². The molecule has 0 radical (unpaired) electrons. The van der Waals surface area contributed by atoms with E-state index >= 15 is 0 Å². The second-order valence-corrected chi connectivity index (χ2v) is 5.02. The molecule has 0 saturated carbocycles. The van der Waals surface area contributed by atoms with Crippen molar-refractivity contribution in [2.75, 3.05) is 11.9 Å². The molecule has 0 aliphatic rings. The quantitative estimate of drug-likeness (QED) is 0.869. The van der Waals surface area contributed by atoms with Crippen molar-refractivity contribution >= 4 is 23.0 Å². The minimum absolute atomic E-state index is 0.389. The number of hydrogen-bond acceptors (Lipinski definition) is 4. The molecular weight excluding hydrogens is 258 g/mol. The summed E-state index contributed by atoms with van der Waals surface area (Å²) in [7, 11) is 1.98. The first-order chi connectivity index (χ1) is 8.97. The highest BCUT2D eigenvalue weighted by Crippen LogP contribution is 2.18. The Labute approximate surface area is 118 Å². The Hall–Kier alpha value is -1.88. The highest BCUT2D eigenvalue weighted by Gasteiger charge is 2.10. The van der Waals surface area contributed by atoms with Gasteiger partial charge in [-0.2, -0.15) is 0 Å². The summed E-state index contributed by atoms with van der Waals surface area (Å²) in [4.78, 5) is 6.94. The van der Waals surface area contributed by atoms with Crippen LogP contribution in [-0.2, 0) is 6.54 Å². The lowest BCUT2D eigenvalue weighted by molar-refractivity contribution is 0.529. The number of anilines is 1. The van der Waals surface area contributed by atoms with Crippen LogP contribution in [0.2, 0.25) is 0 Å². The molecular formula is C14H17N3OS. The minimum atomic E-state index is 0.389. The number of nitrogens with two attached hydrogens (primary N) is 1. The van der Waals surface area contributed by atoms with Crippen LogP contribution in [0, 0.1) is 13.8 Å². The summed E-state index contributed by atoms with van der Waals surface area (Å²) in [5.41, 5.74) is 8.56. The third kappa shape index (κ3) is 3.12. The zero-order valence-electron chi connectivity index (χ0n) is 11.3. The van der Waals surface area contributed by atoms with Crippen LogP contribution < -0.4 is 10.6 Å². The molecule has 2 aromatic heterocycles. The van der Waals surface area contributed by atoms with Gasteiger partial charge in [-0.15, -0.1) is 0 Å². The molecule has 4 nitrogen and oxygen atoms in total. The first-order valence-electron chi connectivity index (χ1n) is 6.00. The van der Waals surface area contributed by atoms with Gasteiger partial charge in [0.05, 0.1) is 6.26 Å². The largest absolute Gasteiger partial charge is 0.469 e.